The number of fused-ring (bicyclic) bond motifs is 1. The maximum atomic E-state index is 12.9. The summed E-state index contributed by atoms with van der Waals surface area (Å²) in [5.41, 5.74) is -1.24. The molecule has 0 aliphatic carbocycles. The van der Waals surface area contributed by atoms with E-state index in [2.05, 4.69) is 4.98 Å². The molecule has 0 radical (unpaired) electrons. The van der Waals surface area contributed by atoms with Crippen LogP contribution in [0, 0.1) is 5.82 Å². The lowest BCUT2D eigenvalue weighted by atomic mass is 10.1. The minimum atomic E-state index is -1.44. The zero-order valence-electron chi connectivity index (χ0n) is 11.5. The van der Waals surface area contributed by atoms with Crippen molar-refractivity contribution in [1.29, 1.82) is 0 Å². The number of aromatic nitrogens is 1. The van der Waals surface area contributed by atoms with E-state index in [1.54, 1.807) is 0 Å². The van der Waals surface area contributed by atoms with Crippen LogP contribution in [-0.2, 0) is 0 Å². The van der Waals surface area contributed by atoms with Gasteiger partial charge in [-0.2, -0.15) is 0 Å². The quantitative estimate of drug-likeness (QED) is 0.690. The second kappa shape index (κ2) is 5.45. The number of aromatic carboxylic acids is 1. The Morgan fingerprint density at radius 3 is 2.35 bits per heavy atom. The fourth-order valence-electron chi connectivity index (χ4n) is 2.15. The molecule has 6 nitrogen and oxygen atoms in total. The molecule has 0 spiro atoms. The number of ether oxygens (including phenoxy) is 1. The van der Waals surface area contributed by atoms with Gasteiger partial charge in [0.2, 0.25) is 0 Å². The van der Waals surface area contributed by atoms with Crippen LogP contribution in [0.25, 0.3) is 10.8 Å². The first kappa shape index (κ1) is 14.6. The van der Waals surface area contributed by atoms with Gasteiger partial charge in [-0.05, 0) is 42.5 Å². The number of carboxylic acids is 1. The standard InChI is InChI=1S/C16H10FNO5/c17-8-1-3-9(4-2-8)23-10-5-6-11-12(7-10)15(20)18-13(14(11)19)16(21)22/h1-7,19H,(H,18,20)(H,21,22). The summed E-state index contributed by atoms with van der Waals surface area (Å²) in [5, 5.41) is 19.0. The molecule has 0 bridgehead atoms. The third kappa shape index (κ3) is 2.71. The van der Waals surface area contributed by atoms with Gasteiger partial charge in [0.15, 0.2) is 11.4 Å². The number of hydrogen-bond acceptors (Lipinski definition) is 4. The van der Waals surface area contributed by atoms with Gasteiger partial charge in [0.25, 0.3) is 5.56 Å². The first-order valence-corrected chi connectivity index (χ1v) is 6.51. The van der Waals surface area contributed by atoms with Gasteiger partial charge in [0.05, 0.1) is 5.39 Å². The molecule has 3 aromatic rings. The highest BCUT2D eigenvalue weighted by atomic mass is 19.1. The fraction of sp³-hybridized carbons (Fsp3) is 0. The van der Waals surface area contributed by atoms with Crippen LogP contribution in [-0.4, -0.2) is 21.2 Å². The normalized spacial score (nSPS) is 10.7. The molecule has 0 aliphatic rings. The Morgan fingerprint density at radius 2 is 1.70 bits per heavy atom. The molecular weight excluding hydrogens is 305 g/mol. The maximum Gasteiger partial charge on any atom is 0.356 e. The van der Waals surface area contributed by atoms with E-state index in [1.165, 1.54) is 42.5 Å². The van der Waals surface area contributed by atoms with E-state index >= 15 is 0 Å². The third-order valence-corrected chi connectivity index (χ3v) is 3.23. The van der Waals surface area contributed by atoms with Gasteiger partial charge >= 0.3 is 5.97 Å². The molecule has 0 aliphatic heterocycles. The van der Waals surface area contributed by atoms with Crippen LogP contribution in [0.1, 0.15) is 10.5 Å². The largest absolute Gasteiger partial charge is 0.505 e. The number of pyridine rings is 1. The average molecular weight is 315 g/mol. The van der Waals surface area contributed by atoms with E-state index < -0.39 is 28.8 Å². The number of aromatic amines is 1. The summed E-state index contributed by atoms with van der Waals surface area (Å²) in [4.78, 5) is 25.0. The average Bonchev–Trinajstić information content (AvgIpc) is 2.53. The van der Waals surface area contributed by atoms with Crippen LogP contribution < -0.4 is 10.3 Å². The van der Waals surface area contributed by atoms with Crippen molar-refractivity contribution in [3.8, 4) is 17.2 Å². The summed E-state index contributed by atoms with van der Waals surface area (Å²) in [6, 6.07) is 9.52. The molecule has 0 fully saturated rings. The first-order chi connectivity index (χ1) is 11.0. The summed E-state index contributed by atoms with van der Waals surface area (Å²) in [6.45, 7) is 0. The van der Waals surface area contributed by atoms with Crippen LogP contribution in [0.3, 0.4) is 0 Å². The minimum absolute atomic E-state index is 0.0760. The highest BCUT2D eigenvalue weighted by molar-refractivity contribution is 5.98. The molecule has 0 saturated carbocycles. The van der Waals surface area contributed by atoms with Crippen LogP contribution >= 0.6 is 0 Å². The number of nitrogens with one attached hydrogen (secondary N) is 1. The molecule has 0 saturated heterocycles. The molecule has 0 unspecified atom stereocenters. The van der Waals surface area contributed by atoms with E-state index in [-0.39, 0.29) is 16.5 Å². The van der Waals surface area contributed by atoms with E-state index in [0.717, 1.165) is 0 Å². The van der Waals surface area contributed by atoms with Gasteiger partial charge in [-0.3, -0.25) is 4.79 Å². The monoisotopic (exact) mass is 315 g/mol. The Kier molecular flexibility index (Phi) is 3.46. The number of carboxylic acid groups (broad SMARTS) is 1. The van der Waals surface area contributed by atoms with Crippen molar-refractivity contribution in [2.45, 2.75) is 0 Å². The third-order valence-electron chi connectivity index (χ3n) is 3.23. The first-order valence-electron chi connectivity index (χ1n) is 6.51. The van der Waals surface area contributed by atoms with Crippen molar-refractivity contribution in [2.75, 3.05) is 0 Å². The van der Waals surface area contributed by atoms with Crippen LogP contribution in [0.2, 0.25) is 0 Å². The van der Waals surface area contributed by atoms with E-state index in [9.17, 15) is 19.1 Å². The summed E-state index contributed by atoms with van der Waals surface area (Å²) < 4.78 is 18.4. The Labute approximate surface area is 128 Å². The van der Waals surface area contributed by atoms with E-state index in [0.29, 0.717) is 5.75 Å². The Bertz CT molecular complexity index is 963. The second-order valence-corrected chi connectivity index (χ2v) is 4.75. The molecule has 3 rings (SSSR count). The van der Waals surface area contributed by atoms with Crippen molar-refractivity contribution < 1.29 is 24.1 Å². The Morgan fingerprint density at radius 1 is 1.04 bits per heavy atom. The van der Waals surface area contributed by atoms with Gasteiger partial charge in [-0.1, -0.05) is 0 Å². The molecule has 3 N–H and O–H groups in total. The zero-order valence-corrected chi connectivity index (χ0v) is 11.5. The summed E-state index contributed by atoms with van der Waals surface area (Å²) >= 11 is 0. The van der Waals surface area contributed by atoms with E-state index in [4.69, 9.17) is 9.84 Å². The highest BCUT2D eigenvalue weighted by Crippen LogP contribution is 2.29. The molecule has 23 heavy (non-hydrogen) atoms. The lowest BCUT2D eigenvalue weighted by Gasteiger charge is -2.08. The molecule has 1 aromatic heterocycles. The SMILES string of the molecule is O=C(O)c1[nH]c(=O)c2cc(Oc3ccc(F)cc3)ccc2c1O. The number of benzene rings is 2. The topological polar surface area (TPSA) is 99.6 Å². The van der Waals surface area contributed by atoms with Crippen LogP contribution in [0.4, 0.5) is 4.39 Å². The molecule has 116 valence electrons. The molecular formula is C16H10FNO5. The van der Waals surface area contributed by atoms with Gasteiger partial charge in [0.1, 0.15) is 17.3 Å². The molecule has 2 aromatic carbocycles. The highest BCUT2D eigenvalue weighted by Gasteiger charge is 2.16. The molecule has 7 heteroatoms. The van der Waals surface area contributed by atoms with Crippen molar-refractivity contribution >= 4 is 16.7 Å². The lowest BCUT2D eigenvalue weighted by molar-refractivity contribution is 0.0687. The van der Waals surface area contributed by atoms with Gasteiger partial charge in [0, 0.05) is 5.39 Å². The van der Waals surface area contributed by atoms with Gasteiger partial charge < -0.3 is 19.9 Å². The van der Waals surface area contributed by atoms with Gasteiger partial charge in [-0.25, -0.2) is 9.18 Å². The predicted octanol–water partition coefficient (Wildman–Crippen LogP) is 2.86. The number of halogens is 1. The van der Waals surface area contributed by atoms with Crippen molar-refractivity contribution in [1.82, 2.24) is 4.98 Å². The Balaban J connectivity index is 2.07. The number of rotatable bonds is 3. The summed E-state index contributed by atoms with van der Waals surface area (Å²) in [6.07, 6.45) is 0. The van der Waals surface area contributed by atoms with Crippen molar-refractivity contribution in [3.63, 3.8) is 0 Å². The second-order valence-electron chi connectivity index (χ2n) is 4.75. The van der Waals surface area contributed by atoms with Gasteiger partial charge in [-0.15, -0.1) is 0 Å². The predicted molar refractivity (Wildman–Crippen MR) is 79.7 cm³/mol. The number of hydrogen-bond donors (Lipinski definition) is 3. The van der Waals surface area contributed by atoms with Crippen LogP contribution in [0.5, 0.6) is 17.2 Å². The molecule has 0 atom stereocenters. The fourth-order valence-corrected chi connectivity index (χ4v) is 2.15. The molecule has 0 amide bonds. The number of H-pyrrole nitrogens is 1. The zero-order chi connectivity index (χ0) is 16.6. The van der Waals surface area contributed by atoms with Crippen molar-refractivity contribution in [2.24, 2.45) is 0 Å². The molecule has 1 heterocycles. The van der Waals surface area contributed by atoms with E-state index in [1.807, 2.05) is 0 Å². The van der Waals surface area contributed by atoms with Crippen LogP contribution in [0.15, 0.2) is 47.3 Å². The smallest absolute Gasteiger partial charge is 0.356 e. The maximum absolute atomic E-state index is 12.9. The number of aromatic hydroxyl groups is 1. The lowest BCUT2D eigenvalue weighted by Crippen LogP contribution is -2.13. The Hall–Kier alpha value is -3.35. The summed E-state index contributed by atoms with van der Waals surface area (Å²) in [7, 11) is 0. The minimum Gasteiger partial charge on any atom is -0.505 e. The number of carbonyl (C=O) groups is 1. The summed E-state index contributed by atoms with van der Waals surface area (Å²) in [5.74, 6) is -1.71. The van der Waals surface area contributed by atoms with Crippen molar-refractivity contribution in [3.05, 3.63) is 64.3 Å².